The summed E-state index contributed by atoms with van der Waals surface area (Å²) in [7, 11) is 0. The topological polar surface area (TPSA) is 21.3 Å². The maximum Gasteiger partial charge on any atom is 0.119 e. The number of rotatable bonds is 6. The molecule has 0 aliphatic heterocycles. The Morgan fingerprint density at radius 1 is 1.18 bits per heavy atom. The first-order valence-corrected chi connectivity index (χ1v) is 6.69. The molecular weight excluding hydrogens is 230 g/mol. The summed E-state index contributed by atoms with van der Waals surface area (Å²) < 4.78 is 5.61. The quantitative estimate of drug-likeness (QED) is 0.789. The Kier molecular flexibility index (Phi) is 4.59. The Morgan fingerprint density at radius 2 is 2.00 bits per heavy atom. The lowest BCUT2D eigenvalue weighted by Gasteiger charge is -2.12. The number of thiophene rings is 1. The zero-order valence-electron chi connectivity index (χ0n) is 9.93. The summed E-state index contributed by atoms with van der Waals surface area (Å²) in [6.45, 7) is 3.72. The minimum absolute atomic E-state index is 0.398. The van der Waals surface area contributed by atoms with E-state index in [9.17, 15) is 0 Å². The summed E-state index contributed by atoms with van der Waals surface area (Å²) in [5.41, 5.74) is 0. The van der Waals surface area contributed by atoms with Crippen LogP contribution in [-0.4, -0.2) is 13.2 Å². The van der Waals surface area contributed by atoms with Crippen LogP contribution in [0.5, 0.6) is 5.75 Å². The highest BCUT2D eigenvalue weighted by atomic mass is 32.1. The van der Waals surface area contributed by atoms with Crippen LogP contribution < -0.4 is 10.1 Å². The highest BCUT2D eigenvalue weighted by Crippen LogP contribution is 2.17. The van der Waals surface area contributed by atoms with Gasteiger partial charge in [0.2, 0.25) is 0 Å². The molecule has 2 nitrogen and oxygen atoms in total. The van der Waals surface area contributed by atoms with Crippen molar-refractivity contribution in [2.24, 2.45) is 0 Å². The van der Waals surface area contributed by atoms with Crippen molar-refractivity contribution in [2.75, 3.05) is 13.2 Å². The normalized spacial score (nSPS) is 12.3. The van der Waals surface area contributed by atoms with Gasteiger partial charge in [0, 0.05) is 17.5 Å². The highest BCUT2D eigenvalue weighted by molar-refractivity contribution is 7.10. The summed E-state index contributed by atoms with van der Waals surface area (Å²) in [6.07, 6.45) is 0. The monoisotopic (exact) mass is 247 g/mol. The molecule has 0 radical (unpaired) electrons. The maximum atomic E-state index is 5.61. The lowest BCUT2D eigenvalue weighted by Crippen LogP contribution is -2.23. The molecule has 0 saturated carbocycles. The molecule has 2 aromatic rings. The van der Waals surface area contributed by atoms with Crippen LogP contribution in [0, 0.1) is 0 Å². The Morgan fingerprint density at radius 3 is 2.71 bits per heavy atom. The standard InChI is InChI=1S/C14H17NOS/c1-12(14-8-5-11-17-14)15-9-10-16-13-6-3-2-4-7-13/h2-8,11-12,15H,9-10H2,1H3. The lowest BCUT2D eigenvalue weighted by molar-refractivity contribution is 0.308. The molecule has 3 heteroatoms. The number of ether oxygens (including phenoxy) is 1. The van der Waals surface area contributed by atoms with Gasteiger partial charge in [-0.1, -0.05) is 24.3 Å². The van der Waals surface area contributed by atoms with Gasteiger partial charge >= 0.3 is 0 Å². The first-order valence-electron chi connectivity index (χ1n) is 5.81. The zero-order valence-corrected chi connectivity index (χ0v) is 10.7. The van der Waals surface area contributed by atoms with Crippen molar-refractivity contribution in [3.63, 3.8) is 0 Å². The molecule has 0 amide bonds. The summed E-state index contributed by atoms with van der Waals surface area (Å²) in [5.74, 6) is 0.929. The predicted molar refractivity (Wildman–Crippen MR) is 72.7 cm³/mol. The van der Waals surface area contributed by atoms with Crippen LogP contribution in [0.25, 0.3) is 0 Å². The van der Waals surface area contributed by atoms with Gasteiger partial charge in [0.1, 0.15) is 12.4 Å². The fourth-order valence-corrected chi connectivity index (χ4v) is 2.36. The van der Waals surface area contributed by atoms with Gasteiger partial charge in [-0.25, -0.2) is 0 Å². The average Bonchev–Trinajstić information content (AvgIpc) is 2.89. The van der Waals surface area contributed by atoms with E-state index >= 15 is 0 Å². The average molecular weight is 247 g/mol. The van der Waals surface area contributed by atoms with E-state index in [4.69, 9.17) is 4.74 Å². The minimum Gasteiger partial charge on any atom is -0.492 e. The Balaban J connectivity index is 1.67. The molecule has 2 rings (SSSR count). The molecule has 17 heavy (non-hydrogen) atoms. The van der Waals surface area contributed by atoms with E-state index in [1.165, 1.54) is 4.88 Å². The second-order valence-electron chi connectivity index (χ2n) is 3.85. The van der Waals surface area contributed by atoms with Crippen LogP contribution in [0.2, 0.25) is 0 Å². The van der Waals surface area contributed by atoms with Gasteiger partial charge in [-0.3, -0.25) is 0 Å². The molecule has 1 unspecified atom stereocenters. The van der Waals surface area contributed by atoms with Crippen molar-refractivity contribution >= 4 is 11.3 Å². The van der Waals surface area contributed by atoms with Crippen molar-refractivity contribution in [1.29, 1.82) is 0 Å². The van der Waals surface area contributed by atoms with E-state index in [1.807, 2.05) is 30.3 Å². The third kappa shape index (κ3) is 3.88. The highest BCUT2D eigenvalue weighted by Gasteiger charge is 2.04. The number of hydrogen-bond acceptors (Lipinski definition) is 3. The SMILES string of the molecule is CC(NCCOc1ccccc1)c1cccs1. The van der Waals surface area contributed by atoms with Crippen molar-refractivity contribution in [1.82, 2.24) is 5.32 Å². The summed E-state index contributed by atoms with van der Waals surface area (Å²) in [4.78, 5) is 1.37. The zero-order chi connectivity index (χ0) is 11.9. The van der Waals surface area contributed by atoms with E-state index in [2.05, 4.69) is 29.8 Å². The van der Waals surface area contributed by atoms with Crippen LogP contribution in [0.3, 0.4) is 0 Å². The van der Waals surface area contributed by atoms with Crippen LogP contribution in [0.1, 0.15) is 17.8 Å². The molecule has 1 heterocycles. The number of benzene rings is 1. The second-order valence-corrected chi connectivity index (χ2v) is 4.83. The summed E-state index contributed by atoms with van der Waals surface area (Å²) in [5, 5.41) is 5.55. The fraction of sp³-hybridized carbons (Fsp3) is 0.286. The van der Waals surface area contributed by atoms with Crippen molar-refractivity contribution in [2.45, 2.75) is 13.0 Å². The Labute approximate surface area is 106 Å². The molecule has 1 N–H and O–H groups in total. The first-order chi connectivity index (χ1) is 8.36. The summed E-state index contributed by atoms with van der Waals surface area (Å²) >= 11 is 1.78. The molecule has 0 bridgehead atoms. The van der Waals surface area contributed by atoms with E-state index in [1.54, 1.807) is 11.3 Å². The largest absolute Gasteiger partial charge is 0.492 e. The van der Waals surface area contributed by atoms with Crippen LogP contribution in [0.4, 0.5) is 0 Å². The molecular formula is C14H17NOS. The third-order valence-electron chi connectivity index (χ3n) is 2.53. The molecule has 0 aliphatic carbocycles. The molecule has 1 aromatic heterocycles. The van der Waals surface area contributed by atoms with Crippen molar-refractivity contribution in [3.8, 4) is 5.75 Å². The molecule has 1 aromatic carbocycles. The Hall–Kier alpha value is -1.32. The van der Waals surface area contributed by atoms with Crippen molar-refractivity contribution in [3.05, 3.63) is 52.7 Å². The van der Waals surface area contributed by atoms with E-state index in [0.29, 0.717) is 12.6 Å². The van der Waals surface area contributed by atoms with Crippen LogP contribution in [0.15, 0.2) is 47.8 Å². The van der Waals surface area contributed by atoms with Gasteiger partial charge < -0.3 is 10.1 Å². The molecule has 90 valence electrons. The number of para-hydroxylation sites is 1. The third-order valence-corrected chi connectivity index (χ3v) is 3.59. The number of nitrogens with one attached hydrogen (secondary N) is 1. The van der Waals surface area contributed by atoms with E-state index in [0.717, 1.165) is 12.3 Å². The van der Waals surface area contributed by atoms with Gasteiger partial charge in [0.05, 0.1) is 0 Å². The molecule has 0 aliphatic rings. The smallest absolute Gasteiger partial charge is 0.119 e. The van der Waals surface area contributed by atoms with Gasteiger partial charge in [-0.15, -0.1) is 11.3 Å². The fourth-order valence-electron chi connectivity index (χ4n) is 1.60. The Bertz CT molecular complexity index is 413. The molecule has 0 spiro atoms. The van der Waals surface area contributed by atoms with Crippen molar-refractivity contribution < 1.29 is 4.74 Å². The predicted octanol–water partition coefficient (Wildman–Crippen LogP) is 3.48. The lowest BCUT2D eigenvalue weighted by atomic mass is 10.3. The van der Waals surface area contributed by atoms with E-state index in [-0.39, 0.29) is 0 Å². The first kappa shape index (κ1) is 12.1. The summed E-state index contributed by atoms with van der Waals surface area (Å²) in [6, 6.07) is 14.5. The van der Waals surface area contributed by atoms with Gasteiger partial charge in [-0.05, 0) is 30.5 Å². The van der Waals surface area contributed by atoms with Crippen LogP contribution >= 0.6 is 11.3 Å². The van der Waals surface area contributed by atoms with Gasteiger partial charge in [-0.2, -0.15) is 0 Å². The van der Waals surface area contributed by atoms with E-state index < -0.39 is 0 Å². The molecule has 0 fully saturated rings. The maximum absolute atomic E-state index is 5.61. The molecule has 0 saturated heterocycles. The minimum atomic E-state index is 0.398. The molecule has 1 atom stereocenters. The van der Waals surface area contributed by atoms with Gasteiger partial charge in [0.25, 0.3) is 0 Å². The second kappa shape index (κ2) is 6.42. The number of hydrogen-bond donors (Lipinski definition) is 1. The van der Waals surface area contributed by atoms with Crippen LogP contribution in [-0.2, 0) is 0 Å². The van der Waals surface area contributed by atoms with Gasteiger partial charge in [0.15, 0.2) is 0 Å².